The number of halogens is 1. The molecule has 4 nitrogen and oxygen atoms in total. The lowest BCUT2D eigenvalue weighted by Crippen LogP contribution is -2.54. The molecule has 1 amide bonds. The molecule has 28 heavy (non-hydrogen) atoms. The predicted molar refractivity (Wildman–Crippen MR) is 114 cm³/mol. The molecule has 0 aromatic heterocycles. The van der Waals surface area contributed by atoms with Gasteiger partial charge in [0.05, 0.1) is 5.02 Å². The van der Waals surface area contributed by atoms with E-state index < -0.39 is 0 Å². The van der Waals surface area contributed by atoms with Gasteiger partial charge < -0.3 is 9.64 Å². The topological polar surface area (TPSA) is 32.8 Å². The number of carbonyl (C=O) groups is 1. The summed E-state index contributed by atoms with van der Waals surface area (Å²) in [5.74, 6) is 0.626. The van der Waals surface area contributed by atoms with Crippen LogP contribution in [-0.4, -0.2) is 54.5 Å². The molecule has 150 valence electrons. The van der Waals surface area contributed by atoms with E-state index in [0.717, 1.165) is 17.2 Å². The summed E-state index contributed by atoms with van der Waals surface area (Å²) in [6, 6.07) is 12.5. The van der Waals surface area contributed by atoms with Gasteiger partial charge in [-0.2, -0.15) is 0 Å². The Morgan fingerprint density at radius 3 is 2.68 bits per heavy atom. The quantitative estimate of drug-likeness (QED) is 0.726. The van der Waals surface area contributed by atoms with Crippen LogP contribution < -0.4 is 4.74 Å². The molecule has 0 spiro atoms. The molecule has 2 aliphatic rings. The highest BCUT2D eigenvalue weighted by Gasteiger charge is 2.35. The van der Waals surface area contributed by atoms with Crippen LogP contribution in [0.1, 0.15) is 38.5 Å². The second-order valence-electron chi connectivity index (χ2n) is 8.05. The van der Waals surface area contributed by atoms with Crippen LogP contribution in [0.5, 0.6) is 5.75 Å². The number of hydrogen-bond donors (Lipinski definition) is 0. The van der Waals surface area contributed by atoms with E-state index in [4.69, 9.17) is 16.3 Å². The molecule has 0 radical (unpaired) electrons. The standard InChI is InChI=1S/C23H29ClN2O2/c1-25(20-10-4-5-11-21(20)26-14-6-7-15-26)22(27)16-28-23-18-9-3-2-8-17(18)12-13-19(23)24/h2-3,8-9,12-13,20-21H,4-7,10-11,14-16H2,1H3/t20-,21-/m1/s1. The third-order valence-corrected chi connectivity index (χ3v) is 6.66. The number of ether oxygens (including phenoxy) is 1. The number of hydrogen-bond acceptors (Lipinski definition) is 3. The smallest absolute Gasteiger partial charge is 0.260 e. The summed E-state index contributed by atoms with van der Waals surface area (Å²) in [6.45, 7) is 2.37. The summed E-state index contributed by atoms with van der Waals surface area (Å²) >= 11 is 6.37. The van der Waals surface area contributed by atoms with E-state index in [1.807, 2.05) is 48.3 Å². The maximum atomic E-state index is 13.0. The van der Waals surface area contributed by atoms with Gasteiger partial charge in [-0.1, -0.05) is 54.8 Å². The molecule has 2 fully saturated rings. The number of nitrogens with zero attached hydrogens (tertiary/aromatic N) is 2. The van der Waals surface area contributed by atoms with Crippen molar-refractivity contribution >= 4 is 28.3 Å². The molecule has 2 aromatic rings. The van der Waals surface area contributed by atoms with Gasteiger partial charge in [0.25, 0.3) is 5.91 Å². The number of rotatable bonds is 5. The van der Waals surface area contributed by atoms with Crippen molar-refractivity contribution in [2.24, 2.45) is 0 Å². The second-order valence-corrected chi connectivity index (χ2v) is 8.46. The first-order valence-corrected chi connectivity index (χ1v) is 10.8. The summed E-state index contributed by atoms with van der Waals surface area (Å²) < 4.78 is 5.95. The number of benzene rings is 2. The van der Waals surface area contributed by atoms with Gasteiger partial charge in [0.15, 0.2) is 6.61 Å². The molecular weight excluding hydrogens is 372 g/mol. The lowest BCUT2D eigenvalue weighted by Gasteiger charge is -2.42. The fourth-order valence-corrected chi connectivity index (χ4v) is 5.05. The number of carbonyl (C=O) groups excluding carboxylic acids is 1. The summed E-state index contributed by atoms with van der Waals surface area (Å²) in [5.41, 5.74) is 0. The molecule has 1 heterocycles. The zero-order chi connectivity index (χ0) is 19.5. The van der Waals surface area contributed by atoms with E-state index >= 15 is 0 Å². The van der Waals surface area contributed by atoms with Crippen LogP contribution in [0, 0.1) is 0 Å². The van der Waals surface area contributed by atoms with Crippen LogP contribution in [-0.2, 0) is 4.79 Å². The predicted octanol–water partition coefficient (Wildman–Crippen LogP) is 4.74. The van der Waals surface area contributed by atoms with Crippen LogP contribution in [0.15, 0.2) is 36.4 Å². The normalized spacial score (nSPS) is 23.1. The van der Waals surface area contributed by atoms with Gasteiger partial charge in [-0.15, -0.1) is 0 Å². The molecule has 0 unspecified atom stereocenters. The summed E-state index contributed by atoms with van der Waals surface area (Å²) in [7, 11) is 1.94. The maximum Gasteiger partial charge on any atom is 0.260 e. The first-order chi connectivity index (χ1) is 13.6. The molecule has 2 aromatic carbocycles. The minimum Gasteiger partial charge on any atom is -0.482 e. The fraction of sp³-hybridized carbons (Fsp3) is 0.522. The summed E-state index contributed by atoms with van der Waals surface area (Å²) in [6.07, 6.45) is 7.30. The van der Waals surface area contributed by atoms with Crippen molar-refractivity contribution < 1.29 is 9.53 Å². The average molecular weight is 401 g/mol. The van der Waals surface area contributed by atoms with Crippen molar-refractivity contribution in [3.8, 4) is 5.75 Å². The maximum absolute atomic E-state index is 13.0. The average Bonchev–Trinajstić information content (AvgIpc) is 3.27. The van der Waals surface area contributed by atoms with E-state index in [1.54, 1.807) is 0 Å². The lowest BCUT2D eigenvalue weighted by molar-refractivity contribution is -0.136. The van der Waals surface area contributed by atoms with Crippen molar-refractivity contribution in [3.63, 3.8) is 0 Å². The van der Waals surface area contributed by atoms with Crippen molar-refractivity contribution in [1.29, 1.82) is 0 Å². The molecule has 1 aliphatic heterocycles. The Labute approximate surface area is 172 Å². The molecule has 1 aliphatic carbocycles. The Hall–Kier alpha value is -1.78. The largest absolute Gasteiger partial charge is 0.482 e. The molecule has 4 rings (SSSR count). The SMILES string of the molecule is CN(C(=O)COc1c(Cl)ccc2ccccc12)[C@@H]1CCCC[C@H]1N1CCCC1. The first kappa shape index (κ1) is 19.5. The van der Waals surface area contributed by atoms with E-state index in [9.17, 15) is 4.79 Å². The zero-order valence-electron chi connectivity index (χ0n) is 16.6. The van der Waals surface area contributed by atoms with Gasteiger partial charge in [0.2, 0.25) is 0 Å². The number of fused-ring (bicyclic) bond motifs is 1. The fourth-order valence-electron chi connectivity index (χ4n) is 4.83. The molecule has 5 heteroatoms. The molecule has 1 saturated heterocycles. The van der Waals surface area contributed by atoms with Crippen LogP contribution >= 0.6 is 11.6 Å². The van der Waals surface area contributed by atoms with Gasteiger partial charge in [0.1, 0.15) is 5.75 Å². The van der Waals surface area contributed by atoms with Gasteiger partial charge >= 0.3 is 0 Å². The highest BCUT2D eigenvalue weighted by Crippen LogP contribution is 2.34. The minimum absolute atomic E-state index is 0.0213. The first-order valence-electron chi connectivity index (χ1n) is 10.4. The lowest BCUT2D eigenvalue weighted by atomic mass is 9.88. The van der Waals surface area contributed by atoms with Crippen molar-refractivity contribution in [1.82, 2.24) is 9.80 Å². The molecule has 1 saturated carbocycles. The Morgan fingerprint density at radius 2 is 1.86 bits per heavy atom. The molecule has 0 N–H and O–H groups in total. The number of amides is 1. The van der Waals surface area contributed by atoms with E-state index in [2.05, 4.69) is 4.90 Å². The van der Waals surface area contributed by atoms with Gasteiger partial charge in [-0.25, -0.2) is 0 Å². The van der Waals surface area contributed by atoms with E-state index in [0.29, 0.717) is 16.8 Å². The van der Waals surface area contributed by atoms with Gasteiger partial charge in [-0.3, -0.25) is 9.69 Å². The van der Waals surface area contributed by atoms with Crippen LogP contribution in [0.4, 0.5) is 0 Å². The van der Waals surface area contributed by atoms with E-state index in [-0.39, 0.29) is 18.6 Å². The second kappa shape index (κ2) is 8.71. The Morgan fingerprint density at radius 1 is 1.11 bits per heavy atom. The zero-order valence-corrected chi connectivity index (χ0v) is 17.3. The van der Waals surface area contributed by atoms with Crippen molar-refractivity contribution in [3.05, 3.63) is 41.4 Å². The number of likely N-dealkylation sites (N-methyl/N-ethyl adjacent to an activating group) is 1. The molecular formula is C23H29ClN2O2. The third kappa shape index (κ3) is 3.99. The van der Waals surface area contributed by atoms with Gasteiger partial charge in [0, 0.05) is 24.5 Å². The number of likely N-dealkylation sites (tertiary alicyclic amines) is 1. The summed E-state index contributed by atoms with van der Waals surface area (Å²) in [5, 5.41) is 2.55. The molecule has 0 bridgehead atoms. The van der Waals surface area contributed by atoms with Gasteiger partial charge in [-0.05, 0) is 50.2 Å². The van der Waals surface area contributed by atoms with Crippen LogP contribution in [0.25, 0.3) is 10.8 Å². The third-order valence-electron chi connectivity index (χ3n) is 6.37. The summed E-state index contributed by atoms with van der Waals surface area (Å²) in [4.78, 5) is 17.5. The van der Waals surface area contributed by atoms with Crippen LogP contribution in [0.3, 0.4) is 0 Å². The van der Waals surface area contributed by atoms with E-state index in [1.165, 1.54) is 45.2 Å². The Balaban J connectivity index is 1.45. The van der Waals surface area contributed by atoms with Crippen LogP contribution in [0.2, 0.25) is 5.02 Å². The highest BCUT2D eigenvalue weighted by molar-refractivity contribution is 6.33. The minimum atomic E-state index is 0.0213. The monoisotopic (exact) mass is 400 g/mol. The molecule has 2 atom stereocenters. The highest BCUT2D eigenvalue weighted by atomic mass is 35.5. The Bertz CT molecular complexity index is 834. The Kier molecular flexibility index (Phi) is 6.07. The van der Waals surface area contributed by atoms with Crippen molar-refractivity contribution in [2.75, 3.05) is 26.7 Å². The van der Waals surface area contributed by atoms with Crippen molar-refractivity contribution in [2.45, 2.75) is 50.6 Å².